The topological polar surface area (TPSA) is 68.5 Å². The number of hydrogen-bond acceptors (Lipinski definition) is 4. The monoisotopic (exact) mass is 251 g/mol. The van der Waals surface area contributed by atoms with Crippen LogP contribution in [0, 0.1) is 0 Å². The van der Waals surface area contributed by atoms with Crippen molar-refractivity contribution >= 4 is 11.6 Å². The highest BCUT2D eigenvalue weighted by Crippen LogP contribution is 2.15. The summed E-state index contributed by atoms with van der Waals surface area (Å²) in [6.07, 6.45) is 3.97. The first-order valence-corrected chi connectivity index (χ1v) is 6.11. The molecule has 18 heavy (non-hydrogen) atoms. The lowest BCUT2D eigenvalue weighted by molar-refractivity contribution is 0.0615. The normalized spacial score (nSPS) is 12.2. The molecule has 0 spiro atoms. The van der Waals surface area contributed by atoms with E-state index in [9.17, 15) is 4.79 Å². The van der Waals surface area contributed by atoms with Gasteiger partial charge in [0.15, 0.2) is 0 Å². The van der Waals surface area contributed by atoms with Crippen LogP contribution in [0.5, 0.6) is 0 Å². The molecule has 0 aliphatic rings. The van der Waals surface area contributed by atoms with Crippen molar-refractivity contribution in [1.82, 2.24) is 9.88 Å². The van der Waals surface area contributed by atoms with Gasteiger partial charge in [-0.3, -0.25) is 9.78 Å². The first-order chi connectivity index (χ1) is 8.61. The lowest BCUT2D eigenvalue weighted by atomic mass is 10.1. The Bertz CT molecular complexity index is 396. The van der Waals surface area contributed by atoms with Crippen molar-refractivity contribution in [2.24, 2.45) is 0 Å². The number of nitrogens with zero attached hydrogens (tertiary/aromatic N) is 2. The van der Waals surface area contributed by atoms with E-state index in [1.165, 1.54) is 6.20 Å². The summed E-state index contributed by atoms with van der Waals surface area (Å²) in [5.74, 6) is -0.0682. The number of nitrogen functional groups attached to an aromatic ring is 1. The Morgan fingerprint density at radius 2 is 2.33 bits per heavy atom. The van der Waals surface area contributed by atoms with Gasteiger partial charge in [0, 0.05) is 25.9 Å². The van der Waals surface area contributed by atoms with E-state index in [2.05, 4.69) is 4.98 Å². The molecule has 0 aliphatic carbocycles. The predicted molar refractivity (Wildman–Crippen MR) is 71.3 cm³/mol. The van der Waals surface area contributed by atoms with Crippen LogP contribution in [0.1, 0.15) is 30.6 Å². The van der Waals surface area contributed by atoms with Crippen LogP contribution in [-0.2, 0) is 4.74 Å². The molecular formula is C13H21N3O2. The van der Waals surface area contributed by atoms with E-state index in [0.717, 1.165) is 6.42 Å². The maximum absolute atomic E-state index is 12.4. The van der Waals surface area contributed by atoms with E-state index in [0.29, 0.717) is 24.4 Å². The second-order valence-electron chi connectivity index (χ2n) is 4.21. The number of ether oxygens (including phenoxy) is 1. The molecule has 0 fully saturated rings. The minimum Gasteiger partial charge on any atom is -0.397 e. The zero-order chi connectivity index (χ0) is 13.5. The molecular weight excluding hydrogens is 230 g/mol. The van der Waals surface area contributed by atoms with Gasteiger partial charge in [-0.05, 0) is 19.4 Å². The maximum atomic E-state index is 12.4. The molecule has 5 heteroatoms. The van der Waals surface area contributed by atoms with Gasteiger partial charge in [-0.25, -0.2) is 0 Å². The van der Waals surface area contributed by atoms with E-state index in [1.807, 2.05) is 13.8 Å². The van der Waals surface area contributed by atoms with Crippen LogP contribution >= 0.6 is 0 Å². The summed E-state index contributed by atoms with van der Waals surface area (Å²) in [6, 6.07) is 1.81. The van der Waals surface area contributed by atoms with Crippen molar-refractivity contribution in [2.75, 3.05) is 26.0 Å². The number of anilines is 1. The first-order valence-electron chi connectivity index (χ1n) is 6.11. The number of rotatable bonds is 6. The minimum absolute atomic E-state index is 0.0682. The lowest BCUT2D eigenvalue weighted by Crippen LogP contribution is -2.40. The number of methoxy groups -OCH3 is 1. The second-order valence-corrected chi connectivity index (χ2v) is 4.21. The van der Waals surface area contributed by atoms with Gasteiger partial charge >= 0.3 is 0 Å². The fourth-order valence-electron chi connectivity index (χ4n) is 1.69. The Kier molecular flexibility index (Phi) is 5.58. The molecule has 1 heterocycles. The highest BCUT2D eigenvalue weighted by atomic mass is 16.5. The molecule has 0 aliphatic heterocycles. The first kappa shape index (κ1) is 14.4. The van der Waals surface area contributed by atoms with Gasteiger partial charge in [0.25, 0.3) is 5.91 Å². The zero-order valence-corrected chi connectivity index (χ0v) is 11.2. The smallest absolute Gasteiger partial charge is 0.256 e. The summed E-state index contributed by atoms with van der Waals surface area (Å²) in [4.78, 5) is 18.1. The number of nitrogens with two attached hydrogens (primary N) is 1. The highest BCUT2D eigenvalue weighted by molar-refractivity contribution is 5.99. The Labute approximate surface area is 108 Å². The van der Waals surface area contributed by atoms with Crippen molar-refractivity contribution < 1.29 is 9.53 Å². The van der Waals surface area contributed by atoms with Gasteiger partial charge in [0.05, 0.1) is 24.1 Å². The molecule has 1 aromatic rings. The van der Waals surface area contributed by atoms with Crippen LogP contribution in [0.15, 0.2) is 18.5 Å². The molecule has 0 radical (unpaired) electrons. The average Bonchev–Trinajstić information content (AvgIpc) is 2.39. The van der Waals surface area contributed by atoms with Crippen LogP contribution in [0.3, 0.4) is 0 Å². The van der Waals surface area contributed by atoms with E-state index in [4.69, 9.17) is 10.5 Å². The molecule has 1 aromatic heterocycles. The molecule has 0 bridgehead atoms. The van der Waals surface area contributed by atoms with Crippen LogP contribution in [-0.4, -0.2) is 42.1 Å². The van der Waals surface area contributed by atoms with Gasteiger partial charge in [0.2, 0.25) is 0 Å². The molecule has 2 N–H and O–H groups in total. The van der Waals surface area contributed by atoms with Crippen molar-refractivity contribution in [3.8, 4) is 0 Å². The van der Waals surface area contributed by atoms with E-state index >= 15 is 0 Å². The number of amides is 1. The van der Waals surface area contributed by atoms with Gasteiger partial charge in [-0.2, -0.15) is 0 Å². The van der Waals surface area contributed by atoms with Crippen molar-refractivity contribution in [2.45, 2.75) is 26.3 Å². The summed E-state index contributed by atoms with van der Waals surface area (Å²) in [7, 11) is 1.63. The SMILES string of the molecule is CCC(C)N(CCOC)C(=O)c1ccncc1N. The number of carbonyl (C=O) groups is 1. The number of carbonyl (C=O) groups excluding carboxylic acids is 1. The fraction of sp³-hybridized carbons (Fsp3) is 0.538. The standard InChI is InChI=1S/C13H21N3O2/c1-4-10(2)16(7-8-18-3)13(17)11-5-6-15-9-12(11)14/h5-6,9-10H,4,7-8,14H2,1-3H3. The van der Waals surface area contributed by atoms with Crippen LogP contribution in [0.2, 0.25) is 0 Å². The third-order valence-corrected chi connectivity index (χ3v) is 3.00. The summed E-state index contributed by atoms with van der Waals surface area (Å²) in [5.41, 5.74) is 6.70. The van der Waals surface area contributed by atoms with E-state index in [1.54, 1.807) is 24.3 Å². The number of pyridine rings is 1. The largest absolute Gasteiger partial charge is 0.397 e. The van der Waals surface area contributed by atoms with E-state index < -0.39 is 0 Å². The molecule has 0 saturated carbocycles. The third-order valence-electron chi connectivity index (χ3n) is 3.00. The lowest BCUT2D eigenvalue weighted by Gasteiger charge is -2.28. The Morgan fingerprint density at radius 1 is 1.61 bits per heavy atom. The molecule has 100 valence electrons. The fourth-order valence-corrected chi connectivity index (χ4v) is 1.69. The Balaban J connectivity index is 2.91. The van der Waals surface area contributed by atoms with Gasteiger partial charge in [-0.15, -0.1) is 0 Å². The molecule has 1 amide bonds. The Hall–Kier alpha value is -1.62. The summed E-state index contributed by atoms with van der Waals surface area (Å²) >= 11 is 0. The van der Waals surface area contributed by atoms with Crippen LogP contribution in [0.4, 0.5) is 5.69 Å². The van der Waals surface area contributed by atoms with Crippen molar-refractivity contribution in [3.05, 3.63) is 24.0 Å². The molecule has 1 rings (SSSR count). The Morgan fingerprint density at radius 3 is 2.89 bits per heavy atom. The highest BCUT2D eigenvalue weighted by Gasteiger charge is 2.21. The van der Waals surface area contributed by atoms with Crippen molar-refractivity contribution in [1.29, 1.82) is 0 Å². The zero-order valence-electron chi connectivity index (χ0n) is 11.2. The van der Waals surface area contributed by atoms with Gasteiger partial charge in [0.1, 0.15) is 0 Å². The van der Waals surface area contributed by atoms with Crippen LogP contribution < -0.4 is 5.73 Å². The quantitative estimate of drug-likeness (QED) is 0.833. The predicted octanol–water partition coefficient (Wildman–Crippen LogP) is 1.55. The van der Waals surface area contributed by atoms with Crippen LogP contribution in [0.25, 0.3) is 0 Å². The molecule has 0 aromatic carbocycles. The minimum atomic E-state index is -0.0682. The maximum Gasteiger partial charge on any atom is 0.256 e. The second kappa shape index (κ2) is 6.96. The molecule has 5 nitrogen and oxygen atoms in total. The number of aromatic nitrogens is 1. The van der Waals surface area contributed by atoms with Gasteiger partial charge in [-0.1, -0.05) is 6.92 Å². The molecule has 1 atom stereocenters. The molecule has 0 saturated heterocycles. The van der Waals surface area contributed by atoms with E-state index in [-0.39, 0.29) is 11.9 Å². The van der Waals surface area contributed by atoms with Crippen molar-refractivity contribution in [3.63, 3.8) is 0 Å². The number of hydrogen-bond donors (Lipinski definition) is 1. The summed E-state index contributed by atoms with van der Waals surface area (Å²) in [5, 5.41) is 0. The average molecular weight is 251 g/mol. The molecule has 1 unspecified atom stereocenters. The van der Waals surface area contributed by atoms with Gasteiger partial charge < -0.3 is 15.4 Å². The third kappa shape index (κ3) is 3.43. The summed E-state index contributed by atoms with van der Waals surface area (Å²) < 4.78 is 5.05. The summed E-state index contributed by atoms with van der Waals surface area (Å²) in [6.45, 7) is 5.14.